The first-order chi connectivity index (χ1) is 22.7. The predicted molar refractivity (Wildman–Crippen MR) is 187 cm³/mol. The molecule has 0 saturated carbocycles. The van der Waals surface area contributed by atoms with Gasteiger partial charge in [0.05, 0.1) is 16.7 Å². The minimum Gasteiger partial charge on any atom is -0.270 e. The van der Waals surface area contributed by atoms with Gasteiger partial charge in [0.15, 0.2) is 11.6 Å². The summed E-state index contributed by atoms with van der Waals surface area (Å²) < 4.78 is 20.0. The van der Waals surface area contributed by atoms with E-state index in [-0.39, 0.29) is 0 Å². The first-order valence-electron chi connectivity index (χ1n) is 15.1. The van der Waals surface area contributed by atoms with Crippen molar-refractivity contribution in [2.24, 2.45) is 0 Å². The largest absolute Gasteiger partial charge is 0.304 e. The Morgan fingerprint density at radius 2 is 0.804 bits per heavy atom. The molecular formula is C39H28N5OP. The summed E-state index contributed by atoms with van der Waals surface area (Å²) in [6.45, 7) is 0. The summed E-state index contributed by atoms with van der Waals surface area (Å²) in [6.07, 6.45) is 0. The molecule has 0 bridgehead atoms. The molecule has 6 nitrogen and oxygen atoms in total. The van der Waals surface area contributed by atoms with E-state index in [0.717, 1.165) is 39.3 Å². The van der Waals surface area contributed by atoms with Crippen molar-refractivity contribution in [3.63, 3.8) is 0 Å². The van der Waals surface area contributed by atoms with Crippen LogP contribution >= 0.6 is 7.44 Å². The zero-order chi connectivity index (χ0) is 30.9. The first kappa shape index (κ1) is 27.7. The van der Waals surface area contributed by atoms with Crippen LogP contribution in [0.4, 0.5) is 23.0 Å². The van der Waals surface area contributed by atoms with Gasteiger partial charge in [-0.1, -0.05) is 133 Å². The number of rotatable bonds is 6. The summed E-state index contributed by atoms with van der Waals surface area (Å²) in [7, 11) is -3.69. The molecule has 0 aliphatic carbocycles. The minimum absolute atomic E-state index is 0.314. The highest BCUT2D eigenvalue weighted by Gasteiger charge is 2.50. The lowest BCUT2D eigenvalue weighted by atomic mass is 10.1. The Balaban J connectivity index is 1.38. The Kier molecular flexibility index (Phi) is 6.97. The van der Waals surface area contributed by atoms with E-state index < -0.39 is 7.44 Å². The van der Waals surface area contributed by atoms with Crippen LogP contribution in [0.5, 0.6) is 0 Å². The molecule has 1 unspecified atom stereocenters. The molecular weight excluding hydrogens is 585 g/mol. The number of hydrogen-bond donors (Lipinski definition) is 0. The van der Waals surface area contributed by atoms with Gasteiger partial charge in [0.1, 0.15) is 0 Å². The number of anilines is 4. The number of nitrogens with zero attached hydrogens (tertiary/aromatic N) is 5. The number of aromatic nitrogens is 3. The zero-order valence-electron chi connectivity index (χ0n) is 24.8. The van der Waals surface area contributed by atoms with Crippen LogP contribution in [0.2, 0.25) is 0 Å². The van der Waals surface area contributed by atoms with Crippen LogP contribution in [0.15, 0.2) is 170 Å². The van der Waals surface area contributed by atoms with Crippen molar-refractivity contribution in [3.8, 4) is 33.9 Å². The third kappa shape index (κ3) is 4.76. The number of benzene rings is 6. The topological polar surface area (TPSA) is 62.2 Å². The second-order valence-electron chi connectivity index (χ2n) is 10.9. The van der Waals surface area contributed by atoms with Crippen LogP contribution < -0.4 is 14.6 Å². The Bertz CT molecular complexity index is 2120. The van der Waals surface area contributed by atoms with E-state index in [1.54, 1.807) is 0 Å². The highest BCUT2D eigenvalue weighted by Crippen LogP contribution is 2.69. The molecule has 1 aliphatic rings. The summed E-state index contributed by atoms with van der Waals surface area (Å²) in [5, 5.41) is 0.662. The van der Waals surface area contributed by atoms with Crippen LogP contribution in [-0.2, 0) is 4.57 Å². The van der Waals surface area contributed by atoms with Crippen molar-refractivity contribution in [2.45, 2.75) is 0 Å². The molecule has 0 fully saturated rings. The number of para-hydroxylation sites is 3. The monoisotopic (exact) mass is 613 g/mol. The van der Waals surface area contributed by atoms with Gasteiger partial charge >= 0.3 is 7.44 Å². The molecule has 1 aromatic heterocycles. The van der Waals surface area contributed by atoms with Gasteiger partial charge in [-0.25, -0.2) is 9.65 Å². The Morgan fingerprint density at radius 1 is 0.391 bits per heavy atom. The summed E-state index contributed by atoms with van der Waals surface area (Å²) in [6, 6.07) is 55.7. The van der Waals surface area contributed by atoms with Gasteiger partial charge in [0.25, 0.3) is 0 Å². The third-order valence-electron chi connectivity index (χ3n) is 8.07. The molecule has 46 heavy (non-hydrogen) atoms. The quantitative estimate of drug-likeness (QED) is 0.174. The molecule has 220 valence electrons. The fraction of sp³-hybridized carbons (Fsp3) is 0. The number of fused-ring (bicyclic) bond motifs is 1. The molecule has 1 atom stereocenters. The molecule has 0 radical (unpaired) electrons. The molecule has 0 spiro atoms. The summed E-state index contributed by atoms with van der Waals surface area (Å²) in [5.74, 6) is 1.33. The average molecular weight is 614 g/mol. The molecule has 0 N–H and O–H groups in total. The summed E-state index contributed by atoms with van der Waals surface area (Å²) >= 11 is 0. The lowest BCUT2D eigenvalue weighted by molar-refractivity contribution is 0.582. The number of hydrogen-bond acceptors (Lipinski definition) is 4. The predicted octanol–water partition coefficient (Wildman–Crippen LogP) is 9.68. The normalized spacial score (nSPS) is 15.5. The lowest BCUT2D eigenvalue weighted by Gasteiger charge is -2.32. The highest BCUT2D eigenvalue weighted by molar-refractivity contribution is 7.76. The molecule has 7 aromatic rings. The van der Waals surface area contributed by atoms with Gasteiger partial charge in [-0.3, -0.25) is 9.24 Å². The third-order valence-corrected chi connectivity index (χ3v) is 11.0. The molecule has 8 rings (SSSR count). The van der Waals surface area contributed by atoms with Gasteiger partial charge in [-0.05, 0) is 47.5 Å². The van der Waals surface area contributed by atoms with E-state index in [9.17, 15) is 0 Å². The van der Waals surface area contributed by atoms with Gasteiger partial charge in [-0.15, -0.1) is 0 Å². The van der Waals surface area contributed by atoms with E-state index in [4.69, 9.17) is 15.0 Å². The Labute approximate surface area is 267 Å². The minimum atomic E-state index is -3.69. The van der Waals surface area contributed by atoms with E-state index in [1.807, 2.05) is 167 Å². The molecule has 0 amide bonds. The van der Waals surface area contributed by atoms with E-state index in [0.29, 0.717) is 22.9 Å². The second kappa shape index (κ2) is 11.6. The zero-order valence-corrected chi connectivity index (χ0v) is 25.7. The summed E-state index contributed by atoms with van der Waals surface area (Å²) in [5.41, 5.74) is 6.21. The van der Waals surface area contributed by atoms with Crippen molar-refractivity contribution in [3.05, 3.63) is 170 Å². The van der Waals surface area contributed by atoms with Crippen molar-refractivity contribution in [1.82, 2.24) is 15.0 Å². The van der Waals surface area contributed by atoms with Crippen molar-refractivity contribution >= 4 is 35.8 Å². The van der Waals surface area contributed by atoms with Crippen molar-refractivity contribution < 1.29 is 4.57 Å². The first-order valence-corrected chi connectivity index (χ1v) is 16.7. The van der Waals surface area contributed by atoms with E-state index in [1.165, 1.54) is 0 Å². The average Bonchev–Trinajstić information content (AvgIpc) is 3.42. The van der Waals surface area contributed by atoms with Crippen LogP contribution in [0.3, 0.4) is 0 Å². The van der Waals surface area contributed by atoms with Crippen molar-refractivity contribution in [2.75, 3.05) is 9.34 Å². The van der Waals surface area contributed by atoms with E-state index >= 15 is 4.57 Å². The molecule has 1 aliphatic heterocycles. The van der Waals surface area contributed by atoms with E-state index in [2.05, 4.69) is 12.1 Å². The van der Waals surface area contributed by atoms with Crippen molar-refractivity contribution in [1.29, 1.82) is 0 Å². The van der Waals surface area contributed by atoms with Gasteiger partial charge in [0.2, 0.25) is 5.95 Å². The van der Waals surface area contributed by atoms with Crippen LogP contribution in [-0.4, -0.2) is 15.0 Å². The standard InChI is InChI=1S/C39H28N5OP/c45-46(34-27-25-30(26-28-34)29-15-5-1-6-16-29)43(33-21-11-4-12-22-33)35-23-13-14-24-36(35)44(46)39-41-37(31-17-7-2-8-18-31)40-38(42-39)32-19-9-3-10-20-32/h1-28H. The smallest absolute Gasteiger partial charge is 0.270 e. The summed E-state index contributed by atoms with van der Waals surface area (Å²) in [4.78, 5) is 15.0. The molecule has 6 aromatic carbocycles. The van der Waals surface area contributed by atoms with Gasteiger partial charge in [0, 0.05) is 16.8 Å². The molecule has 2 heterocycles. The highest BCUT2D eigenvalue weighted by atomic mass is 31.2. The maximum absolute atomic E-state index is 16.2. The Morgan fingerprint density at radius 3 is 1.33 bits per heavy atom. The SMILES string of the molecule is O=P1(c2ccc(-c3ccccc3)cc2)N(c2ccccc2)c2ccccc2N1c1nc(-c2ccccc2)nc(-c2ccccc2)n1. The Hall–Kier alpha value is -5.84. The second-order valence-corrected chi connectivity index (χ2v) is 13.3. The van der Waals surface area contributed by atoms with Crippen LogP contribution in [0.25, 0.3) is 33.9 Å². The van der Waals surface area contributed by atoms with Gasteiger partial charge in [-0.2, -0.15) is 9.97 Å². The maximum atomic E-state index is 16.2. The molecule has 7 heteroatoms. The van der Waals surface area contributed by atoms with Gasteiger partial charge < -0.3 is 0 Å². The lowest BCUT2D eigenvalue weighted by Crippen LogP contribution is -2.27. The molecule has 0 saturated heterocycles. The fourth-order valence-corrected chi connectivity index (χ4v) is 8.78. The van der Waals surface area contributed by atoms with Crippen LogP contribution in [0, 0.1) is 0 Å². The maximum Gasteiger partial charge on any atom is 0.304 e. The van der Waals surface area contributed by atoms with Crippen LogP contribution in [0.1, 0.15) is 0 Å². The fourth-order valence-electron chi connectivity index (χ4n) is 5.90.